The van der Waals surface area contributed by atoms with E-state index < -0.39 is 0 Å². The summed E-state index contributed by atoms with van der Waals surface area (Å²) in [4.78, 5) is 12.2. The summed E-state index contributed by atoms with van der Waals surface area (Å²) in [6, 6.07) is 0. The highest BCUT2D eigenvalue weighted by molar-refractivity contribution is 6.32. The number of aryl methyl sites for hydroxylation is 1. The molecule has 88 valence electrons. The molecule has 0 amide bonds. The van der Waals surface area contributed by atoms with Crippen LogP contribution in [0.5, 0.6) is 0 Å². The van der Waals surface area contributed by atoms with E-state index in [4.69, 9.17) is 23.2 Å². The van der Waals surface area contributed by atoms with E-state index in [1.165, 1.54) is 0 Å². The van der Waals surface area contributed by atoms with Crippen molar-refractivity contribution >= 4 is 29.0 Å². The average Bonchev–Trinajstić information content (AvgIpc) is 2.32. The van der Waals surface area contributed by atoms with Crippen molar-refractivity contribution in [2.24, 2.45) is 0 Å². The van der Waals surface area contributed by atoms with Crippen molar-refractivity contribution in [3.05, 3.63) is 34.2 Å². The maximum Gasteiger partial charge on any atom is 0.245 e. The van der Waals surface area contributed by atoms with Crippen LogP contribution < -0.4 is 5.32 Å². The molecule has 0 aliphatic carbocycles. The highest BCUT2D eigenvalue weighted by atomic mass is 35.5. The molecule has 8 heteroatoms. The molecule has 0 bridgehead atoms. The van der Waals surface area contributed by atoms with Gasteiger partial charge >= 0.3 is 0 Å². The lowest BCUT2D eigenvalue weighted by Gasteiger charge is -2.05. The minimum atomic E-state index is 0.0342. The van der Waals surface area contributed by atoms with Crippen LogP contribution in [0.15, 0.2) is 12.4 Å². The fraction of sp³-hybridized carbons (Fsp3) is 0.222. The summed E-state index contributed by atoms with van der Waals surface area (Å²) in [6.07, 6.45) is 3.36. The average molecular weight is 271 g/mol. The van der Waals surface area contributed by atoms with Crippen LogP contribution in [0.3, 0.4) is 0 Å². The van der Waals surface area contributed by atoms with E-state index in [0.29, 0.717) is 12.4 Å². The second kappa shape index (κ2) is 5.20. The number of rotatable bonds is 3. The van der Waals surface area contributed by atoms with Crippen LogP contribution in [0, 0.1) is 6.92 Å². The molecule has 2 rings (SSSR count). The van der Waals surface area contributed by atoms with Crippen molar-refractivity contribution in [2.45, 2.75) is 13.5 Å². The maximum absolute atomic E-state index is 5.79. The SMILES string of the molecule is Cc1cnc(CNc2nc(Cl)nnc2Cl)cn1. The number of anilines is 1. The van der Waals surface area contributed by atoms with Gasteiger partial charge in [-0.2, -0.15) is 4.98 Å². The van der Waals surface area contributed by atoms with Crippen LogP contribution in [-0.2, 0) is 6.54 Å². The van der Waals surface area contributed by atoms with Gasteiger partial charge in [0.1, 0.15) is 0 Å². The summed E-state index contributed by atoms with van der Waals surface area (Å²) in [7, 11) is 0. The van der Waals surface area contributed by atoms with Gasteiger partial charge in [-0.25, -0.2) is 0 Å². The molecule has 0 saturated carbocycles. The Bertz CT molecular complexity index is 515. The van der Waals surface area contributed by atoms with Gasteiger partial charge in [0.25, 0.3) is 0 Å². The van der Waals surface area contributed by atoms with Crippen LogP contribution >= 0.6 is 23.2 Å². The van der Waals surface area contributed by atoms with Crippen molar-refractivity contribution in [1.29, 1.82) is 0 Å². The summed E-state index contributed by atoms with van der Waals surface area (Å²) >= 11 is 11.4. The van der Waals surface area contributed by atoms with E-state index in [1.54, 1.807) is 12.4 Å². The Morgan fingerprint density at radius 3 is 2.71 bits per heavy atom. The summed E-state index contributed by atoms with van der Waals surface area (Å²) < 4.78 is 0. The maximum atomic E-state index is 5.79. The fourth-order valence-corrected chi connectivity index (χ4v) is 1.36. The second-order valence-electron chi connectivity index (χ2n) is 3.22. The first-order valence-electron chi connectivity index (χ1n) is 4.72. The molecule has 1 N–H and O–H groups in total. The van der Waals surface area contributed by atoms with Crippen molar-refractivity contribution in [2.75, 3.05) is 5.32 Å². The molecule has 0 spiro atoms. The topological polar surface area (TPSA) is 76.5 Å². The molecule has 0 fully saturated rings. The molecule has 2 aromatic rings. The van der Waals surface area contributed by atoms with Gasteiger partial charge in [0.15, 0.2) is 11.0 Å². The van der Waals surface area contributed by atoms with Crippen LogP contribution in [0.1, 0.15) is 11.4 Å². The Balaban J connectivity index is 2.07. The number of nitrogens with one attached hydrogen (secondary N) is 1. The lowest BCUT2D eigenvalue weighted by molar-refractivity contribution is 0.937. The van der Waals surface area contributed by atoms with Gasteiger partial charge in [-0.3, -0.25) is 9.97 Å². The van der Waals surface area contributed by atoms with Crippen LogP contribution in [0.25, 0.3) is 0 Å². The summed E-state index contributed by atoms with van der Waals surface area (Å²) in [5.41, 5.74) is 1.62. The van der Waals surface area contributed by atoms with Crippen LogP contribution in [0.2, 0.25) is 10.4 Å². The molecule has 17 heavy (non-hydrogen) atoms. The van der Waals surface area contributed by atoms with Crippen LogP contribution in [-0.4, -0.2) is 25.1 Å². The number of hydrogen-bond donors (Lipinski definition) is 1. The van der Waals surface area contributed by atoms with Gasteiger partial charge in [0, 0.05) is 6.20 Å². The van der Waals surface area contributed by atoms with Gasteiger partial charge in [-0.1, -0.05) is 11.6 Å². The van der Waals surface area contributed by atoms with Gasteiger partial charge < -0.3 is 5.32 Å². The second-order valence-corrected chi connectivity index (χ2v) is 3.92. The molecule has 2 aromatic heterocycles. The highest BCUT2D eigenvalue weighted by Gasteiger charge is 2.05. The molecule has 0 aliphatic rings. The molecule has 2 heterocycles. The Morgan fingerprint density at radius 2 is 2.00 bits per heavy atom. The number of hydrogen-bond acceptors (Lipinski definition) is 6. The first-order valence-corrected chi connectivity index (χ1v) is 5.48. The highest BCUT2D eigenvalue weighted by Crippen LogP contribution is 2.16. The molecule has 6 nitrogen and oxygen atoms in total. The number of aromatic nitrogens is 5. The van der Waals surface area contributed by atoms with Gasteiger partial charge in [-0.15, -0.1) is 10.2 Å². The summed E-state index contributed by atoms with van der Waals surface area (Å²) in [5, 5.41) is 10.3. The predicted octanol–water partition coefficient (Wildman–Crippen LogP) is 1.89. The van der Waals surface area contributed by atoms with Crippen LogP contribution in [0.4, 0.5) is 5.82 Å². The van der Waals surface area contributed by atoms with E-state index >= 15 is 0 Å². The van der Waals surface area contributed by atoms with E-state index in [-0.39, 0.29) is 10.4 Å². The first kappa shape index (κ1) is 11.9. The van der Waals surface area contributed by atoms with Crippen molar-refractivity contribution in [1.82, 2.24) is 25.1 Å². The standard InChI is InChI=1S/C9H8Cl2N6/c1-5-2-13-6(3-12-5)4-14-8-7(10)16-17-9(11)15-8/h2-3H,4H2,1H3,(H,14,15,17). The van der Waals surface area contributed by atoms with Gasteiger partial charge in [0.2, 0.25) is 5.28 Å². The Kier molecular flexibility index (Phi) is 3.65. The number of nitrogens with zero attached hydrogens (tertiary/aromatic N) is 5. The lowest BCUT2D eigenvalue weighted by Crippen LogP contribution is -2.06. The molecule has 0 radical (unpaired) electrons. The molecule has 0 atom stereocenters. The van der Waals surface area contributed by atoms with Crippen molar-refractivity contribution in [3.63, 3.8) is 0 Å². The van der Waals surface area contributed by atoms with Gasteiger partial charge in [-0.05, 0) is 18.5 Å². The van der Waals surface area contributed by atoms with E-state index in [1.807, 2.05) is 6.92 Å². The third kappa shape index (κ3) is 3.21. The van der Waals surface area contributed by atoms with Crippen molar-refractivity contribution in [3.8, 4) is 0 Å². The molecule has 0 saturated heterocycles. The fourth-order valence-electron chi connectivity index (χ4n) is 1.09. The zero-order valence-electron chi connectivity index (χ0n) is 8.85. The lowest BCUT2D eigenvalue weighted by atomic mass is 10.4. The normalized spacial score (nSPS) is 10.3. The number of halogens is 2. The largest absolute Gasteiger partial charge is 0.362 e. The zero-order chi connectivity index (χ0) is 12.3. The summed E-state index contributed by atoms with van der Waals surface area (Å²) in [6.45, 7) is 2.30. The van der Waals surface area contributed by atoms with E-state index in [0.717, 1.165) is 11.4 Å². The predicted molar refractivity (Wildman–Crippen MR) is 63.9 cm³/mol. The Hall–Kier alpha value is -1.53. The molecule has 0 unspecified atom stereocenters. The zero-order valence-corrected chi connectivity index (χ0v) is 10.4. The summed E-state index contributed by atoms with van der Waals surface area (Å²) in [5.74, 6) is 0.369. The Labute approximate surface area is 107 Å². The minimum Gasteiger partial charge on any atom is -0.362 e. The molecule has 0 aliphatic heterocycles. The van der Waals surface area contributed by atoms with E-state index in [9.17, 15) is 0 Å². The first-order chi connectivity index (χ1) is 8.15. The minimum absolute atomic E-state index is 0.0342. The third-order valence-electron chi connectivity index (χ3n) is 1.89. The quantitative estimate of drug-likeness (QED) is 0.918. The Morgan fingerprint density at radius 1 is 1.18 bits per heavy atom. The van der Waals surface area contributed by atoms with Crippen molar-refractivity contribution < 1.29 is 0 Å². The molecular formula is C9H8Cl2N6. The third-order valence-corrected chi connectivity index (χ3v) is 2.31. The molecule has 0 aromatic carbocycles. The van der Waals surface area contributed by atoms with E-state index in [2.05, 4.69) is 30.5 Å². The smallest absolute Gasteiger partial charge is 0.245 e. The monoisotopic (exact) mass is 270 g/mol. The van der Waals surface area contributed by atoms with Gasteiger partial charge in [0.05, 0.1) is 24.1 Å². The molecular weight excluding hydrogens is 263 g/mol.